The number of rotatable bonds is 1. The molecule has 0 aromatic carbocycles. The largest absolute Gasteiger partial charge is 0.323 e. The number of amides is 2. The van der Waals surface area contributed by atoms with Crippen LogP contribution < -0.4 is 10.6 Å². The van der Waals surface area contributed by atoms with Crippen molar-refractivity contribution in [3.8, 4) is 0 Å². The zero-order valence-electron chi connectivity index (χ0n) is 6.35. The van der Waals surface area contributed by atoms with Crippen molar-refractivity contribution < 1.29 is 4.79 Å². The van der Waals surface area contributed by atoms with E-state index in [0.29, 0.717) is 5.70 Å². The molecule has 0 saturated heterocycles. The standard InChI is InChI=1S/C8H10N2O/c1-3-4-7-5-9-8(11)10-6(7)2/h3-5H,2H2,1H3,(H2,9,10,11). The van der Waals surface area contributed by atoms with Gasteiger partial charge in [-0.15, -0.1) is 0 Å². The lowest BCUT2D eigenvalue weighted by Crippen LogP contribution is -2.35. The Labute approximate surface area is 65.5 Å². The number of nitrogens with one attached hydrogen (secondary N) is 2. The average Bonchev–Trinajstić information content (AvgIpc) is 1.95. The molecule has 11 heavy (non-hydrogen) atoms. The average molecular weight is 150 g/mol. The number of hydrogen-bond donors (Lipinski definition) is 2. The fraction of sp³-hybridized carbons (Fsp3) is 0.125. The maximum Gasteiger partial charge on any atom is 0.323 e. The van der Waals surface area contributed by atoms with Crippen molar-refractivity contribution in [2.45, 2.75) is 6.92 Å². The lowest BCUT2D eigenvalue weighted by Gasteiger charge is -2.14. The lowest BCUT2D eigenvalue weighted by molar-refractivity contribution is 0.246. The van der Waals surface area contributed by atoms with Gasteiger partial charge in [0.25, 0.3) is 0 Å². The Morgan fingerprint density at radius 1 is 1.64 bits per heavy atom. The van der Waals surface area contributed by atoms with Gasteiger partial charge in [0.1, 0.15) is 0 Å². The van der Waals surface area contributed by atoms with Gasteiger partial charge >= 0.3 is 6.03 Å². The van der Waals surface area contributed by atoms with E-state index in [1.165, 1.54) is 0 Å². The highest BCUT2D eigenvalue weighted by Crippen LogP contribution is 2.07. The topological polar surface area (TPSA) is 41.1 Å². The molecule has 0 saturated carbocycles. The molecule has 0 fully saturated rings. The number of urea groups is 1. The Hall–Kier alpha value is -1.51. The Morgan fingerprint density at radius 2 is 2.36 bits per heavy atom. The summed E-state index contributed by atoms with van der Waals surface area (Å²) in [7, 11) is 0. The molecule has 3 nitrogen and oxygen atoms in total. The molecule has 0 atom stereocenters. The third-order valence-corrected chi connectivity index (χ3v) is 1.32. The van der Waals surface area contributed by atoms with Crippen LogP contribution in [0.1, 0.15) is 6.92 Å². The van der Waals surface area contributed by atoms with Crippen molar-refractivity contribution in [1.82, 2.24) is 10.6 Å². The van der Waals surface area contributed by atoms with E-state index < -0.39 is 0 Å². The summed E-state index contributed by atoms with van der Waals surface area (Å²) in [4.78, 5) is 10.7. The first-order valence-corrected chi connectivity index (χ1v) is 3.33. The van der Waals surface area contributed by atoms with Crippen LogP contribution in [-0.2, 0) is 0 Å². The number of carbonyl (C=O) groups is 1. The summed E-state index contributed by atoms with van der Waals surface area (Å²) in [6, 6.07) is -0.233. The molecule has 1 aliphatic heterocycles. The summed E-state index contributed by atoms with van der Waals surface area (Å²) in [5.41, 5.74) is 1.53. The molecule has 0 spiro atoms. The SMILES string of the molecule is C=C1NC(=O)NC=C1C=CC. The van der Waals surface area contributed by atoms with E-state index in [9.17, 15) is 4.79 Å². The van der Waals surface area contributed by atoms with E-state index in [1.54, 1.807) is 6.20 Å². The third-order valence-electron chi connectivity index (χ3n) is 1.32. The maximum atomic E-state index is 10.7. The molecule has 58 valence electrons. The van der Waals surface area contributed by atoms with Crippen LogP contribution in [0, 0.1) is 0 Å². The molecule has 2 amide bonds. The molecule has 2 N–H and O–H groups in total. The van der Waals surface area contributed by atoms with E-state index in [0.717, 1.165) is 5.57 Å². The van der Waals surface area contributed by atoms with Gasteiger partial charge in [0.15, 0.2) is 0 Å². The quantitative estimate of drug-likeness (QED) is 0.580. The Morgan fingerprint density at radius 3 is 2.91 bits per heavy atom. The zero-order valence-corrected chi connectivity index (χ0v) is 6.35. The highest BCUT2D eigenvalue weighted by molar-refractivity contribution is 5.80. The van der Waals surface area contributed by atoms with Gasteiger partial charge in [-0.25, -0.2) is 4.79 Å². The van der Waals surface area contributed by atoms with E-state index >= 15 is 0 Å². The minimum absolute atomic E-state index is 0.233. The highest BCUT2D eigenvalue weighted by Gasteiger charge is 2.08. The summed E-state index contributed by atoms with van der Waals surface area (Å²) in [5, 5.41) is 5.07. The van der Waals surface area contributed by atoms with Gasteiger partial charge in [-0.2, -0.15) is 0 Å². The second-order valence-electron chi connectivity index (χ2n) is 2.18. The van der Waals surface area contributed by atoms with Crippen LogP contribution in [0.4, 0.5) is 4.79 Å². The third kappa shape index (κ3) is 1.70. The van der Waals surface area contributed by atoms with Crippen LogP contribution in [0.15, 0.2) is 36.2 Å². The van der Waals surface area contributed by atoms with E-state index in [-0.39, 0.29) is 6.03 Å². The fourth-order valence-corrected chi connectivity index (χ4v) is 0.804. The zero-order chi connectivity index (χ0) is 8.27. The van der Waals surface area contributed by atoms with Gasteiger partial charge in [-0.3, -0.25) is 0 Å². The molecule has 0 aromatic heterocycles. The van der Waals surface area contributed by atoms with Gasteiger partial charge < -0.3 is 10.6 Å². The molecule has 1 aliphatic rings. The van der Waals surface area contributed by atoms with Crippen LogP contribution in [0.3, 0.4) is 0 Å². The minimum atomic E-state index is -0.233. The highest BCUT2D eigenvalue weighted by atomic mass is 16.2. The second kappa shape index (κ2) is 3.05. The van der Waals surface area contributed by atoms with Crippen LogP contribution in [0.25, 0.3) is 0 Å². The summed E-state index contributed by atoms with van der Waals surface area (Å²) in [6.07, 6.45) is 5.38. The Balaban J connectivity index is 2.80. The van der Waals surface area contributed by atoms with Crippen molar-refractivity contribution in [2.75, 3.05) is 0 Å². The maximum absolute atomic E-state index is 10.7. The monoisotopic (exact) mass is 150 g/mol. The van der Waals surface area contributed by atoms with E-state index in [1.807, 2.05) is 19.1 Å². The molecule has 0 aliphatic carbocycles. The molecule has 1 heterocycles. The first kappa shape index (κ1) is 7.60. The van der Waals surface area contributed by atoms with Gasteiger partial charge in [0.05, 0.1) is 0 Å². The molecule has 0 unspecified atom stereocenters. The number of carbonyl (C=O) groups excluding carboxylic acids is 1. The predicted molar refractivity (Wildman–Crippen MR) is 43.7 cm³/mol. The molecule has 0 radical (unpaired) electrons. The first-order valence-electron chi connectivity index (χ1n) is 3.33. The smallest absolute Gasteiger partial charge is 0.314 e. The summed E-state index contributed by atoms with van der Waals surface area (Å²) in [5.74, 6) is 0. The second-order valence-corrected chi connectivity index (χ2v) is 2.18. The molecule has 3 heteroatoms. The number of hydrogen-bond acceptors (Lipinski definition) is 1. The summed E-state index contributed by atoms with van der Waals surface area (Å²) in [6.45, 7) is 5.58. The van der Waals surface area contributed by atoms with Gasteiger partial charge in [-0.05, 0) is 6.92 Å². The molecular weight excluding hydrogens is 140 g/mol. The van der Waals surface area contributed by atoms with Crippen molar-refractivity contribution in [3.63, 3.8) is 0 Å². The normalized spacial score (nSPS) is 17.7. The first-order chi connectivity index (χ1) is 5.24. The van der Waals surface area contributed by atoms with Crippen molar-refractivity contribution >= 4 is 6.03 Å². The van der Waals surface area contributed by atoms with Crippen molar-refractivity contribution in [1.29, 1.82) is 0 Å². The minimum Gasteiger partial charge on any atom is -0.314 e. The Kier molecular flexibility index (Phi) is 2.11. The van der Waals surface area contributed by atoms with Crippen molar-refractivity contribution in [2.24, 2.45) is 0 Å². The molecule has 0 bridgehead atoms. The van der Waals surface area contributed by atoms with Crippen LogP contribution in [0.2, 0.25) is 0 Å². The Bertz CT molecular complexity index is 251. The molecular formula is C8H10N2O. The van der Waals surface area contributed by atoms with Crippen LogP contribution in [0.5, 0.6) is 0 Å². The van der Waals surface area contributed by atoms with E-state index in [2.05, 4.69) is 17.2 Å². The van der Waals surface area contributed by atoms with Gasteiger partial charge in [0, 0.05) is 17.5 Å². The lowest BCUT2D eigenvalue weighted by atomic mass is 10.2. The van der Waals surface area contributed by atoms with Gasteiger partial charge in [-0.1, -0.05) is 18.7 Å². The summed E-state index contributed by atoms with van der Waals surface area (Å²) < 4.78 is 0. The van der Waals surface area contributed by atoms with Crippen molar-refractivity contribution in [3.05, 3.63) is 36.2 Å². The van der Waals surface area contributed by atoms with Crippen LogP contribution in [-0.4, -0.2) is 6.03 Å². The molecule has 0 aromatic rings. The van der Waals surface area contributed by atoms with Gasteiger partial charge in [0.2, 0.25) is 0 Å². The predicted octanol–water partition coefficient (Wildman–Crippen LogP) is 1.27. The molecule has 1 rings (SSSR count). The van der Waals surface area contributed by atoms with E-state index in [4.69, 9.17) is 0 Å². The number of allylic oxidation sites excluding steroid dienone is 2. The van der Waals surface area contributed by atoms with Crippen LogP contribution >= 0.6 is 0 Å². The fourth-order valence-electron chi connectivity index (χ4n) is 0.804. The summed E-state index contributed by atoms with van der Waals surface area (Å²) >= 11 is 0.